The van der Waals surface area contributed by atoms with E-state index in [0.29, 0.717) is 0 Å². The molecule has 2 aliphatic rings. The maximum atomic E-state index is 10.9. The van der Waals surface area contributed by atoms with Crippen molar-refractivity contribution in [1.82, 2.24) is 14.9 Å². The number of hydrogen-bond acceptors (Lipinski definition) is 5. The minimum Gasteiger partial charge on any atom is -0.352 e. The Morgan fingerprint density at radius 3 is 2.64 bits per heavy atom. The van der Waals surface area contributed by atoms with Crippen LogP contribution in [0.4, 0.5) is 5.82 Å². The van der Waals surface area contributed by atoms with Crippen LogP contribution in [0.1, 0.15) is 29.1 Å². The Morgan fingerprint density at radius 2 is 1.86 bits per heavy atom. The number of nitrogens with zero attached hydrogens (tertiary/aromatic N) is 4. The molecule has 0 aromatic carbocycles. The maximum absolute atomic E-state index is 10.9. The molecule has 2 aromatic heterocycles. The normalized spacial score (nSPS) is 18.6. The third-order valence-corrected chi connectivity index (χ3v) is 5.86. The van der Waals surface area contributed by atoms with Gasteiger partial charge in [0.2, 0.25) is 6.41 Å². The topological polar surface area (TPSA) is 49.3 Å². The first-order valence-corrected chi connectivity index (χ1v) is 8.81. The lowest BCUT2D eigenvalue weighted by molar-refractivity contribution is -0.118. The van der Waals surface area contributed by atoms with E-state index in [0.717, 1.165) is 55.5 Å². The fraction of sp³-hybridized carbons (Fsp3) is 0.562. The highest BCUT2D eigenvalue weighted by atomic mass is 32.1. The van der Waals surface area contributed by atoms with Crippen molar-refractivity contribution in [2.45, 2.75) is 32.6 Å². The second-order valence-corrected chi connectivity index (χ2v) is 7.20. The third kappa shape index (κ3) is 2.26. The highest BCUT2D eigenvalue weighted by Gasteiger charge is 2.25. The highest BCUT2D eigenvalue weighted by molar-refractivity contribution is 7.19. The van der Waals surface area contributed by atoms with E-state index in [4.69, 9.17) is 4.98 Å². The SMILES string of the molecule is Cc1nc(N2CCN(C=O)CC2)c2c3c(sc2n1)CCCC3. The number of aromatic nitrogens is 2. The summed E-state index contributed by atoms with van der Waals surface area (Å²) in [6.07, 6.45) is 5.85. The summed E-state index contributed by atoms with van der Waals surface area (Å²) in [6.45, 7) is 5.24. The van der Waals surface area contributed by atoms with Crippen LogP contribution in [0, 0.1) is 6.92 Å². The van der Waals surface area contributed by atoms with E-state index in [1.807, 2.05) is 23.2 Å². The average Bonchev–Trinajstić information content (AvgIpc) is 2.92. The van der Waals surface area contributed by atoms with Gasteiger partial charge in [-0.15, -0.1) is 11.3 Å². The maximum Gasteiger partial charge on any atom is 0.209 e. The quantitative estimate of drug-likeness (QED) is 0.797. The zero-order valence-electron chi connectivity index (χ0n) is 12.8. The minimum absolute atomic E-state index is 0.778. The molecule has 5 nitrogen and oxygen atoms in total. The molecule has 2 aromatic rings. The molecule has 4 rings (SSSR count). The molecule has 1 saturated heterocycles. The Bertz CT molecular complexity index is 718. The fourth-order valence-electron chi connectivity index (χ4n) is 3.51. The molecule has 6 heteroatoms. The van der Waals surface area contributed by atoms with Crippen LogP contribution in [0.25, 0.3) is 10.2 Å². The fourth-order valence-corrected chi connectivity index (χ4v) is 4.81. The van der Waals surface area contributed by atoms with Crippen molar-refractivity contribution in [2.24, 2.45) is 0 Å². The van der Waals surface area contributed by atoms with Crippen molar-refractivity contribution in [2.75, 3.05) is 31.1 Å². The summed E-state index contributed by atoms with van der Waals surface area (Å²) in [5, 5.41) is 1.28. The van der Waals surface area contributed by atoms with Gasteiger partial charge in [0, 0.05) is 31.1 Å². The van der Waals surface area contributed by atoms with Gasteiger partial charge >= 0.3 is 0 Å². The van der Waals surface area contributed by atoms with Gasteiger partial charge in [0.15, 0.2) is 0 Å². The smallest absolute Gasteiger partial charge is 0.209 e. The van der Waals surface area contributed by atoms with E-state index in [9.17, 15) is 4.79 Å². The Balaban J connectivity index is 1.79. The van der Waals surface area contributed by atoms with E-state index < -0.39 is 0 Å². The predicted octanol–water partition coefficient (Wildman–Crippen LogP) is 2.16. The molecule has 0 bridgehead atoms. The number of aryl methyl sites for hydroxylation is 3. The zero-order valence-corrected chi connectivity index (χ0v) is 13.7. The predicted molar refractivity (Wildman–Crippen MR) is 88.6 cm³/mol. The summed E-state index contributed by atoms with van der Waals surface area (Å²) < 4.78 is 0. The first kappa shape index (κ1) is 13.9. The van der Waals surface area contributed by atoms with E-state index in [1.54, 1.807) is 0 Å². The number of carbonyl (C=O) groups is 1. The van der Waals surface area contributed by atoms with Crippen LogP contribution in [0.3, 0.4) is 0 Å². The van der Waals surface area contributed by atoms with Crippen LogP contribution in [-0.2, 0) is 17.6 Å². The molecule has 0 radical (unpaired) electrons. The lowest BCUT2D eigenvalue weighted by atomic mass is 9.97. The summed E-state index contributed by atoms with van der Waals surface area (Å²) in [6, 6.07) is 0. The number of rotatable bonds is 2. The molecular weight excluding hydrogens is 296 g/mol. The number of amides is 1. The summed E-state index contributed by atoms with van der Waals surface area (Å²) in [4.78, 5) is 27.2. The van der Waals surface area contributed by atoms with Crippen LogP contribution >= 0.6 is 11.3 Å². The average molecular weight is 316 g/mol. The Morgan fingerprint density at radius 1 is 1.09 bits per heavy atom. The van der Waals surface area contributed by atoms with Gasteiger partial charge in [0.05, 0.1) is 5.39 Å². The summed E-state index contributed by atoms with van der Waals surface area (Å²) in [5.74, 6) is 1.94. The molecule has 1 fully saturated rings. The molecule has 0 N–H and O–H groups in total. The van der Waals surface area contributed by atoms with Crippen molar-refractivity contribution >= 4 is 33.8 Å². The first-order chi connectivity index (χ1) is 10.8. The lowest BCUT2D eigenvalue weighted by Gasteiger charge is -2.34. The molecule has 1 amide bonds. The van der Waals surface area contributed by atoms with Gasteiger partial charge < -0.3 is 9.80 Å². The van der Waals surface area contributed by atoms with E-state index >= 15 is 0 Å². The molecule has 3 heterocycles. The standard InChI is InChI=1S/C16H20N4OS/c1-11-17-15(20-8-6-19(10-21)7-9-20)14-12-4-2-3-5-13(12)22-16(14)18-11/h10H,2-9H2,1H3. The number of carbonyl (C=O) groups excluding carboxylic acids is 1. The van der Waals surface area contributed by atoms with Gasteiger partial charge in [-0.1, -0.05) is 0 Å². The number of anilines is 1. The second kappa shape index (κ2) is 5.50. The molecule has 0 atom stereocenters. The van der Waals surface area contributed by atoms with Crippen molar-refractivity contribution in [1.29, 1.82) is 0 Å². The van der Waals surface area contributed by atoms with E-state index in [2.05, 4.69) is 9.88 Å². The van der Waals surface area contributed by atoms with Crippen molar-refractivity contribution in [3.63, 3.8) is 0 Å². The van der Waals surface area contributed by atoms with Crippen LogP contribution in [0.2, 0.25) is 0 Å². The summed E-state index contributed by atoms with van der Waals surface area (Å²) >= 11 is 1.85. The molecule has 116 valence electrons. The molecule has 1 aliphatic heterocycles. The largest absolute Gasteiger partial charge is 0.352 e. The van der Waals surface area contributed by atoms with Crippen LogP contribution in [0.15, 0.2) is 0 Å². The molecule has 0 unspecified atom stereocenters. The van der Waals surface area contributed by atoms with Crippen molar-refractivity contribution in [3.05, 3.63) is 16.3 Å². The highest BCUT2D eigenvalue weighted by Crippen LogP contribution is 2.39. The Kier molecular flexibility index (Phi) is 3.48. The number of piperazine rings is 1. The zero-order chi connectivity index (χ0) is 15.1. The first-order valence-electron chi connectivity index (χ1n) is 7.99. The third-order valence-electron chi connectivity index (χ3n) is 4.67. The number of thiophene rings is 1. The van der Waals surface area contributed by atoms with Crippen LogP contribution < -0.4 is 4.90 Å². The van der Waals surface area contributed by atoms with Crippen molar-refractivity contribution < 1.29 is 4.79 Å². The lowest BCUT2D eigenvalue weighted by Crippen LogP contribution is -2.46. The monoisotopic (exact) mass is 316 g/mol. The minimum atomic E-state index is 0.778. The Labute approximate surface area is 134 Å². The van der Waals surface area contributed by atoms with Gasteiger partial charge in [-0.2, -0.15) is 0 Å². The number of fused-ring (bicyclic) bond motifs is 3. The van der Waals surface area contributed by atoms with Gasteiger partial charge in [-0.25, -0.2) is 9.97 Å². The summed E-state index contributed by atoms with van der Waals surface area (Å²) in [5.41, 5.74) is 1.49. The van der Waals surface area contributed by atoms with E-state index in [1.165, 1.54) is 35.1 Å². The molecule has 22 heavy (non-hydrogen) atoms. The second-order valence-electron chi connectivity index (χ2n) is 6.11. The number of hydrogen-bond donors (Lipinski definition) is 0. The summed E-state index contributed by atoms with van der Waals surface area (Å²) in [7, 11) is 0. The van der Waals surface area contributed by atoms with Gasteiger partial charge in [0.25, 0.3) is 0 Å². The van der Waals surface area contributed by atoms with Gasteiger partial charge in [-0.05, 0) is 38.2 Å². The molecule has 0 spiro atoms. The van der Waals surface area contributed by atoms with Gasteiger partial charge in [-0.3, -0.25) is 4.79 Å². The van der Waals surface area contributed by atoms with Crippen molar-refractivity contribution in [3.8, 4) is 0 Å². The van der Waals surface area contributed by atoms with Crippen LogP contribution in [-0.4, -0.2) is 47.5 Å². The molecule has 1 aliphatic carbocycles. The van der Waals surface area contributed by atoms with Crippen LogP contribution in [0.5, 0.6) is 0 Å². The van der Waals surface area contributed by atoms with E-state index in [-0.39, 0.29) is 0 Å². The van der Waals surface area contributed by atoms with Gasteiger partial charge in [0.1, 0.15) is 16.5 Å². The Hall–Kier alpha value is -1.69. The molecular formula is C16H20N4OS. The molecule has 0 saturated carbocycles.